The molecule has 0 unspecified atom stereocenters. The number of rotatable bonds is 8. The number of hydrogen-bond donors (Lipinski definition) is 1. The van der Waals surface area contributed by atoms with E-state index in [0.717, 1.165) is 36.8 Å². The van der Waals surface area contributed by atoms with Crippen LogP contribution in [0.4, 0.5) is 0 Å². The van der Waals surface area contributed by atoms with E-state index in [1.54, 1.807) is 17.9 Å². The number of carbonyl (C=O) groups excluding carboxylic acids is 2. The van der Waals surface area contributed by atoms with Crippen molar-refractivity contribution in [3.8, 4) is 5.75 Å². The number of benzene rings is 2. The number of aryl methyl sites for hydroxylation is 1. The quantitative estimate of drug-likeness (QED) is 0.673. The molecule has 0 aromatic heterocycles. The lowest BCUT2D eigenvalue weighted by Gasteiger charge is -2.29. The zero-order valence-electron chi connectivity index (χ0n) is 17.6. The summed E-state index contributed by atoms with van der Waals surface area (Å²) in [6.45, 7) is 3.88. The van der Waals surface area contributed by atoms with Crippen molar-refractivity contribution < 1.29 is 14.3 Å². The molecular formula is C24H29ClN2O3. The van der Waals surface area contributed by atoms with Crippen molar-refractivity contribution >= 4 is 23.4 Å². The van der Waals surface area contributed by atoms with Crippen LogP contribution in [0.15, 0.2) is 48.5 Å². The molecule has 1 fully saturated rings. The highest BCUT2D eigenvalue weighted by Crippen LogP contribution is 2.19. The zero-order chi connectivity index (χ0) is 21.5. The van der Waals surface area contributed by atoms with Gasteiger partial charge in [-0.1, -0.05) is 48.7 Å². The molecule has 160 valence electrons. The standard InChI is InChI=1S/C24H29ClN2O3/c1-17-7-5-12-22(13-17)30-16-23(28)27(15-19-8-6-9-20(25)14-19)18(2)24(29)26-21-10-3-4-11-21/h5-9,12-14,18,21H,3-4,10-11,15-16H2,1-2H3,(H,26,29)/t18-/m0/s1. The summed E-state index contributed by atoms with van der Waals surface area (Å²) in [5.74, 6) is 0.257. The molecule has 3 rings (SSSR count). The summed E-state index contributed by atoms with van der Waals surface area (Å²) < 4.78 is 5.71. The largest absolute Gasteiger partial charge is 0.484 e. The molecule has 2 aromatic carbocycles. The fourth-order valence-electron chi connectivity index (χ4n) is 3.74. The summed E-state index contributed by atoms with van der Waals surface area (Å²) >= 11 is 6.11. The Balaban J connectivity index is 1.71. The molecule has 0 aliphatic heterocycles. The molecule has 1 aliphatic rings. The number of hydrogen-bond acceptors (Lipinski definition) is 3. The van der Waals surface area contributed by atoms with Gasteiger partial charge in [-0.25, -0.2) is 0 Å². The van der Waals surface area contributed by atoms with Gasteiger partial charge in [-0.05, 0) is 62.1 Å². The Kier molecular flexibility index (Phi) is 7.75. The van der Waals surface area contributed by atoms with Crippen LogP contribution in [-0.2, 0) is 16.1 Å². The molecule has 0 heterocycles. The van der Waals surface area contributed by atoms with Gasteiger partial charge in [0.25, 0.3) is 5.91 Å². The number of nitrogens with one attached hydrogen (secondary N) is 1. The lowest BCUT2D eigenvalue weighted by molar-refractivity contribution is -0.142. The highest BCUT2D eigenvalue weighted by Gasteiger charge is 2.28. The van der Waals surface area contributed by atoms with Crippen LogP contribution in [0, 0.1) is 6.92 Å². The average Bonchev–Trinajstić information content (AvgIpc) is 3.23. The van der Waals surface area contributed by atoms with Crippen LogP contribution in [0.5, 0.6) is 5.75 Å². The maximum Gasteiger partial charge on any atom is 0.261 e. The minimum absolute atomic E-state index is 0.132. The molecule has 5 nitrogen and oxygen atoms in total. The molecule has 0 radical (unpaired) electrons. The zero-order valence-corrected chi connectivity index (χ0v) is 18.3. The van der Waals surface area contributed by atoms with Crippen molar-refractivity contribution in [2.24, 2.45) is 0 Å². The number of nitrogens with zero attached hydrogens (tertiary/aromatic N) is 1. The van der Waals surface area contributed by atoms with Crippen molar-refractivity contribution in [1.29, 1.82) is 0 Å². The number of amides is 2. The maximum atomic E-state index is 13.1. The van der Waals surface area contributed by atoms with E-state index in [1.807, 2.05) is 49.4 Å². The van der Waals surface area contributed by atoms with Gasteiger partial charge in [0.05, 0.1) is 0 Å². The molecule has 2 amide bonds. The predicted octanol–water partition coefficient (Wildman–Crippen LogP) is 4.50. The first kappa shape index (κ1) is 22.2. The molecule has 0 saturated heterocycles. The summed E-state index contributed by atoms with van der Waals surface area (Å²) in [4.78, 5) is 27.5. The van der Waals surface area contributed by atoms with Gasteiger partial charge in [0.15, 0.2) is 6.61 Å². The number of carbonyl (C=O) groups is 2. The third kappa shape index (κ3) is 6.23. The van der Waals surface area contributed by atoms with Gasteiger partial charge in [0.1, 0.15) is 11.8 Å². The Morgan fingerprint density at radius 2 is 1.90 bits per heavy atom. The van der Waals surface area contributed by atoms with E-state index in [1.165, 1.54) is 0 Å². The Morgan fingerprint density at radius 1 is 1.17 bits per heavy atom. The number of halogens is 1. The van der Waals surface area contributed by atoms with Crippen LogP contribution < -0.4 is 10.1 Å². The molecule has 1 aliphatic carbocycles. The number of ether oxygens (including phenoxy) is 1. The van der Waals surface area contributed by atoms with Crippen molar-refractivity contribution in [2.75, 3.05) is 6.61 Å². The van der Waals surface area contributed by atoms with Gasteiger partial charge in [-0.15, -0.1) is 0 Å². The minimum atomic E-state index is -0.613. The van der Waals surface area contributed by atoms with E-state index in [-0.39, 0.29) is 31.0 Å². The fourth-order valence-corrected chi connectivity index (χ4v) is 3.95. The second kappa shape index (κ2) is 10.5. The van der Waals surface area contributed by atoms with Gasteiger partial charge in [0, 0.05) is 17.6 Å². The van der Waals surface area contributed by atoms with Crippen molar-refractivity contribution in [1.82, 2.24) is 10.2 Å². The van der Waals surface area contributed by atoms with Gasteiger partial charge in [0.2, 0.25) is 5.91 Å². The summed E-state index contributed by atoms with van der Waals surface area (Å²) in [7, 11) is 0. The van der Waals surface area contributed by atoms with E-state index in [2.05, 4.69) is 5.32 Å². The van der Waals surface area contributed by atoms with E-state index >= 15 is 0 Å². The smallest absolute Gasteiger partial charge is 0.261 e. The summed E-state index contributed by atoms with van der Waals surface area (Å²) in [5, 5.41) is 3.69. The lowest BCUT2D eigenvalue weighted by atomic mass is 10.1. The molecule has 0 spiro atoms. The molecule has 1 atom stereocenters. The van der Waals surface area contributed by atoms with Gasteiger partial charge < -0.3 is 15.0 Å². The monoisotopic (exact) mass is 428 g/mol. The molecule has 1 N–H and O–H groups in total. The topological polar surface area (TPSA) is 58.6 Å². The molecule has 2 aromatic rings. The van der Waals surface area contributed by atoms with Gasteiger partial charge >= 0.3 is 0 Å². The first-order valence-corrected chi connectivity index (χ1v) is 10.8. The van der Waals surface area contributed by atoms with Crippen LogP contribution >= 0.6 is 11.6 Å². The molecular weight excluding hydrogens is 400 g/mol. The Hall–Kier alpha value is -2.53. The SMILES string of the molecule is Cc1cccc(OCC(=O)N(Cc2cccc(Cl)c2)[C@@H](C)C(=O)NC2CCCC2)c1. The average molecular weight is 429 g/mol. The van der Waals surface area contributed by atoms with Crippen molar-refractivity contribution in [2.45, 2.75) is 58.2 Å². The molecule has 1 saturated carbocycles. The van der Waals surface area contributed by atoms with Crippen LogP contribution in [0.25, 0.3) is 0 Å². The summed E-state index contributed by atoms with van der Waals surface area (Å²) in [6, 6.07) is 14.5. The van der Waals surface area contributed by atoms with E-state index in [4.69, 9.17) is 16.3 Å². The van der Waals surface area contributed by atoms with Crippen molar-refractivity contribution in [3.05, 3.63) is 64.7 Å². The maximum absolute atomic E-state index is 13.1. The van der Waals surface area contributed by atoms with Crippen LogP contribution in [0.3, 0.4) is 0 Å². The Labute approximate surface area is 183 Å². The molecule has 6 heteroatoms. The van der Waals surface area contributed by atoms with E-state index in [9.17, 15) is 9.59 Å². The Bertz CT molecular complexity index is 880. The third-order valence-corrected chi connectivity index (χ3v) is 5.70. The van der Waals surface area contributed by atoms with Crippen LogP contribution in [0.1, 0.15) is 43.7 Å². The highest BCUT2D eigenvalue weighted by atomic mass is 35.5. The fraction of sp³-hybridized carbons (Fsp3) is 0.417. The first-order valence-electron chi connectivity index (χ1n) is 10.5. The molecule has 0 bridgehead atoms. The third-order valence-electron chi connectivity index (χ3n) is 5.46. The van der Waals surface area contributed by atoms with E-state index in [0.29, 0.717) is 10.8 Å². The van der Waals surface area contributed by atoms with Gasteiger partial charge in [-0.2, -0.15) is 0 Å². The predicted molar refractivity (Wildman–Crippen MR) is 119 cm³/mol. The normalized spacial score (nSPS) is 14.9. The molecule has 30 heavy (non-hydrogen) atoms. The minimum Gasteiger partial charge on any atom is -0.484 e. The van der Waals surface area contributed by atoms with Crippen LogP contribution in [-0.4, -0.2) is 35.4 Å². The second-order valence-electron chi connectivity index (χ2n) is 7.92. The summed E-state index contributed by atoms with van der Waals surface area (Å²) in [6.07, 6.45) is 4.26. The van der Waals surface area contributed by atoms with Crippen LogP contribution in [0.2, 0.25) is 5.02 Å². The Morgan fingerprint density at radius 3 is 2.60 bits per heavy atom. The lowest BCUT2D eigenvalue weighted by Crippen LogP contribution is -2.50. The highest BCUT2D eigenvalue weighted by molar-refractivity contribution is 6.30. The van der Waals surface area contributed by atoms with Gasteiger partial charge in [-0.3, -0.25) is 9.59 Å². The summed E-state index contributed by atoms with van der Waals surface area (Å²) in [5.41, 5.74) is 1.92. The second-order valence-corrected chi connectivity index (χ2v) is 8.36. The van der Waals surface area contributed by atoms with Crippen molar-refractivity contribution in [3.63, 3.8) is 0 Å². The van der Waals surface area contributed by atoms with E-state index < -0.39 is 6.04 Å². The first-order chi connectivity index (χ1) is 14.4.